The number of hydrogen-bond acceptors (Lipinski definition) is 5. The van der Waals surface area contributed by atoms with Crippen LogP contribution in [0.4, 0.5) is 5.69 Å². The van der Waals surface area contributed by atoms with Gasteiger partial charge in [-0.15, -0.1) is 10.2 Å². The molecule has 1 atom stereocenters. The average Bonchev–Trinajstić information content (AvgIpc) is 2.94. The molecule has 3 heterocycles. The zero-order valence-electron chi connectivity index (χ0n) is 11.9. The molecule has 0 bridgehead atoms. The molecule has 110 valence electrons. The number of aromatic nitrogens is 4. The summed E-state index contributed by atoms with van der Waals surface area (Å²) in [5, 5.41) is 8.08. The van der Waals surface area contributed by atoms with Crippen LogP contribution in [-0.4, -0.2) is 43.6 Å². The third-order valence-electron chi connectivity index (χ3n) is 3.83. The number of rotatable bonds is 2. The van der Waals surface area contributed by atoms with Gasteiger partial charge in [-0.2, -0.15) is 0 Å². The lowest BCUT2D eigenvalue weighted by atomic mass is 9.97. The number of nitrogens with two attached hydrogens (primary N) is 1. The van der Waals surface area contributed by atoms with Gasteiger partial charge in [0.05, 0.1) is 11.9 Å². The number of hydrogen-bond donors (Lipinski definition) is 1. The molecular weight excluding hydrogens is 268 g/mol. The molecule has 0 aliphatic carbocycles. The van der Waals surface area contributed by atoms with Gasteiger partial charge in [0.2, 0.25) is 0 Å². The molecule has 0 radical (unpaired) electrons. The Kier molecular flexibility index (Phi) is 3.55. The van der Waals surface area contributed by atoms with Crippen molar-refractivity contribution in [2.24, 2.45) is 7.05 Å². The second-order valence-electron chi connectivity index (χ2n) is 5.37. The van der Waals surface area contributed by atoms with E-state index in [0.717, 1.165) is 25.2 Å². The highest BCUT2D eigenvalue weighted by Gasteiger charge is 2.28. The van der Waals surface area contributed by atoms with Crippen molar-refractivity contribution in [3.8, 4) is 0 Å². The Morgan fingerprint density at radius 1 is 1.43 bits per heavy atom. The van der Waals surface area contributed by atoms with E-state index in [4.69, 9.17) is 5.73 Å². The summed E-state index contributed by atoms with van der Waals surface area (Å²) < 4.78 is 1.92. The molecule has 1 unspecified atom stereocenters. The summed E-state index contributed by atoms with van der Waals surface area (Å²) in [5.41, 5.74) is 6.59. The number of piperidine rings is 1. The van der Waals surface area contributed by atoms with Gasteiger partial charge in [-0.05, 0) is 25.0 Å². The van der Waals surface area contributed by atoms with Crippen molar-refractivity contribution in [2.45, 2.75) is 18.8 Å². The van der Waals surface area contributed by atoms with E-state index in [9.17, 15) is 4.79 Å². The molecule has 21 heavy (non-hydrogen) atoms. The lowest BCUT2D eigenvalue weighted by molar-refractivity contribution is 0.0697. The predicted octanol–water partition coefficient (Wildman–Crippen LogP) is 0.812. The number of carbonyl (C=O) groups is 1. The van der Waals surface area contributed by atoms with E-state index in [1.807, 2.05) is 16.5 Å². The second kappa shape index (κ2) is 5.51. The van der Waals surface area contributed by atoms with Gasteiger partial charge < -0.3 is 15.2 Å². The summed E-state index contributed by atoms with van der Waals surface area (Å²) >= 11 is 0. The van der Waals surface area contributed by atoms with Crippen molar-refractivity contribution in [3.05, 3.63) is 36.2 Å². The number of aryl methyl sites for hydroxylation is 1. The van der Waals surface area contributed by atoms with Crippen LogP contribution in [0.2, 0.25) is 0 Å². The van der Waals surface area contributed by atoms with Gasteiger partial charge in [0.25, 0.3) is 5.91 Å². The van der Waals surface area contributed by atoms with Gasteiger partial charge in [-0.1, -0.05) is 0 Å². The minimum Gasteiger partial charge on any atom is -0.397 e. The van der Waals surface area contributed by atoms with E-state index >= 15 is 0 Å². The summed E-state index contributed by atoms with van der Waals surface area (Å²) in [7, 11) is 1.93. The number of nitrogens with zero attached hydrogens (tertiary/aromatic N) is 5. The maximum Gasteiger partial charge on any atom is 0.272 e. The lowest BCUT2D eigenvalue weighted by Gasteiger charge is -2.32. The summed E-state index contributed by atoms with van der Waals surface area (Å²) in [6.07, 6.45) is 5.18. The SMILES string of the molecule is Cn1cnnc1C1CCCN(C(=O)c2ccc(N)cn2)C1. The van der Waals surface area contributed by atoms with Crippen LogP contribution >= 0.6 is 0 Å². The van der Waals surface area contributed by atoms with Gasteiger partial charge in [0, 0.05) is 26.1 Å². The lowest BCUT2D eigenvalue weighted by Crippen LogP contribution is -2.40. The number of anilines is 1. The van der Waals surface area contributed by atoms with Crippen LogP contribution in [0.25, 0.3) is 0 Å². The van der Waals surface area contributed by atoms with Gasteiger partial charge in [0.15, 0.2) is 0 Å². The minimum atomic E-state index is -0.0538. The molecule has 2 N–H and O–H groups in total. The number of carbonyl (C=O) groups excluding carboxylic acids is 1. The third kappa shape index (κ3) is 2.72. The van der Waals surface area contributed by atoms with Crippen LogP contribution in [-0.2, 0) is 7.05 Å². The monoisotopic (exact) mass is 286 g/mol. The van der Waals surface area contributed by atoms with Crippen molar-refractivity contribution in [2.75, 3.05) is 18.8 Å². The quantitative estimate of drug-likeness (QED) is 0.882. The van der Waals surface area contributed by atoms with Crippen molar-refractivity contribution in [1.82, 2.24) is 24.6 Å². The van der Waals surface area contributed by atoms with Crippen LogP contribution in [0, 0.1) is 0 Å². The van der Waals surface area contributed by atoms with Gasteiger partial charge >= 0.3 is 0 Å². The topological polar surface area (TPSA) is 89.9 Å². The molecule has 2 aromatic rings. The first-order valence-electron chi connectivity index (χ1n) is 7.00. The highest BCUT2D eigenvalue weighted by atomic mass is 16.2. The molecule has 3 rings (SSSR count). The van der Waals surface area contributed by atoms with Crippen LogP contribution in [0.1, 0.15) is 35.1 Å². The van der Waals surface area contributed by atoms with Crippen LogP contribution < -0.4 is 5.73 Å². The fraction of sp³-hybridized carbons (Fsp3) is 0.429. The van der Waals surface area contributed by atoms with Crippen molar-refractivity contribution in [3.63, 3.8) is 0 Å². The van der Waals surface area contributed by atoms with E-state index in [0.29, 0.717) is 17.9 Å². The molecule has 0 aromatic carbocycles. The summed E-state index contributed by atoms with van der Waals surface area (Å²) in [6, 6.07) is 3.37. The van der Waals surface area contributed by atoms with Crippen LogP contribution in [0.3, 0.4) is 0 Å². The number of likely N-dealkylation sites (tertiary alicyclic amines) is 1. The molecule has 2 aromatic heterocycles. The molecule has 7 nitrogen and oxygen atoms in total. The smallest absolute Gasteiger partial charge is 0.272 e. The summed E-state index contributed by atoms with van der Waals surface area (Å²) in [4.78, 5) is 18.4. The number of pyridine rings is 1. The normalized spacial score (nSPS) is 18.7. The van der Waals surface area contributed by atoms with E-state index in [1.54, 1.807) is 18.5 Å². The zero-order chi connectivity index (χ0) is 14.8. The highest BCUT2D eigenvalue weighted by Crippen LogP contribution is 2.25. The first-order chi connectivity index (χ1) is 10.1. The van der Waals surface area contributed by atoms with E-state index in [1.165, 1.54) is 6.20 Å². The Balaban J connectivity index is 1.75. The minimum absolute atomic E-state index is 0.0538. The summed E-state index contributed by atoms with van der Waals surface area (Å²) in [5.74, 6) is 1.10. The Labute approximate surface area is 122 Å². The number of nitrogen functional groups attached to an aromatic ring is 1. The molecule has 0 saturated carbocycles. The summed E-state index contributed by atoms with van der Waals surface area (Å²) in [6.45, 7) is 1.40. The molecule has 1 amide bonds. The van der Waals surface area contributed by atoms with E-state index < -0.39 is 0 Å². The highest BCUT2D eigenvalue weighted by molar-refractivity contribution is 5.92. The first-order valence-corrected chi connectivity index (χ1v) is 7.00. The van der Waals surface area contributed by atoms with Gasteiger partial charge in [-0.25, -0.2) is 4.98 Å². The first kappa shape index (κ1) is 13.5. The number of amides is 1. The second-order valence-corrected chi connectivity index (χ2v) is 5.37. The fourth-order valence-electron chi connectivity index (χ4n) is 2.73. The molecule has 1 aliphatic heterocycles. The fourth-order valence-corrected chi connectivity index (χ4v) is 2.73. The Hall–Kier alpha value is -2.44. The standard InChI is InChI=1S/C14H18N6O/c1-19-9-17-18-13(19)10-3-2-6-20(8-10)14(21)12-5-4-11(15)7-16-12/h4-5,7,9-10H,2-3,6,8,15H2,1H3. The largest absolute Gasteiger partial charge is 0.397 e. The van der Waals surface area contributed by atoms with Crippen molar-refractivity contribution in [1.29, 1.82) is 0 Å². The average molecular weight is 286 g/mol. The maximum absolute atomic E-state index is 12.5. The van der Waals surface area contributed by atoms with Crippen molar-refractivity contribution < 1.29 is 4.79 Å². The van der Waals surface area contributed by atoms with Crippen LogP contribution in [0.5, 0.6) is 0 Å². The predicted molar refractivity (Wildman–Crippen MR) is 77.5 cm³/mol. The zero-order valence-corrected chi connectivity index (χ0v) is 11.9. The van der Waals surface area contributed by atoms with Crippen molar-refractivity contribution >= 4 is 11.6 Å². The van der Waals surface area contributed by atoms with E-state index in [2.05, 4.69) is 15.2 Å². The Bertz CT molecular complexity index is 635. The molecule has 1 aliphatic rings. The molecule has 1 saturated heterocycles. The van der Waals surface area contributed by atoms with Gasteiger partial charge in [0.1, 0.15) is 17.8 Å². The molecule has 1 fully saturated rings. The molecular formula is C14H18N6O. The maximum atomic E-state index is 12.5. The van der Waals surface area contributed by atoms with E-state index in [-0.39, 0.29) is 11.8 Å². The Morgan fingerprint density at radius 3 is 2.95 bits per heavy atom. The molecule has 0 spiro atoms. The Morgan fingerprint density at radius 2 is 2.29 bits per heavy atom. The van der Waals surface area contributed by atoms with Gasteiger partial charge in [-0.3, -0.25) is 4.79 Å². The molecule has 7 heteroatoms. The third-order valence-corrected chi connectivity index (χ3v) is 3.83. The van der Waals surface area contributed by atoms with Crippen LogP contribution in [0.15, 0.2) is 24.7 Å².